The van der Waals surface area contributed by atoms with Crippen LogP contribution in [0.4, 0.5) is 24.8 Å². The lowest BCUT2D eigenvalue weighted by Gasteiger charge is -2.11. The van der Waals surface area contributed by atoms with Gasteiger partial charge in [0, 0.05) is 11.6 Å². The summed E-state index contributed by atoms with van der Waals surface area (Å²) in [6, 6.07) is 9.84. The van der Waals surface area contributed by atoms with Crippen LogP contribution in [0.25, 0.3) is 11.3 Å². The van der Waals surface area contributed by atoms with Crippen molar-refractivity contribution in [3.63, 3.8) is 0 Å². The van der Waals surface area contributed by atoms with E-state index in [-0.39, 0.29) is 17.2 Å². The minimum atomic E-state index is -4.55. The number of hydrogen-bond acceptors (Lipinski definition) is 7. The molecule has 2 aromatic heterocycles. The Morgan fingerprint density at radius 2 is 1.83 bits per heavy atom. The first-order chi connectivity index (χ1) is 13.8. The lowest BCUT2D eigenvalue weighted by atomic mass is 10.1. The van der Waals surface area contributed by atoms with E-state index in [4.69, 9.17) is 9.47 Å². The fourth-order valence-electron chi connectivity index (χ4n) is 2.51. The molecule has 1 aromatic carbocycles. The van der Waals surface area contributed by atoms with E-state index in [1.54, 1.807) is 18.2 Å². The number of carbonyl (C=O) groups is 1. The van der Waals surface area contributed by atoms with E-state index in [0.717, 1.165) is 6.07 Å². The second-order valence-corrected chi connectivity index (χ2v) is 5.73. The largest absolute Gasteiger partial charge is 0.496 e. The van der Waals surface area contributed by atoms with Crippen LogP contribution in [0, 0.1) is 0 Å². The quantitative estimate of drug-likeness (QED) is 0.641. The normalized spacial score (nSPS) is 11.1. The number of pyridine rings is 1. The minimum absolute atomic E-state index is 0.0190. The van der Waals surface area contributed by atoms with Gasteiger partial charge in [0.2, 0.25) is 0 Å². The molecule has 0 aliphatic carbocycles. The number of carbonyl (C=O) groups excluding carboxylic acids is 1. The van der Waals surface area contributed by atoms with Gasteiger partial charge in [-0.05, 0) is 30.3 Å². The van der Waals surface area contributed by atoms with Gasteiger partial charge >= 0.3 is 12.1 Å². The van der Waals surface area contributed by atoms with Crippen molar-refractivity contribution in [2.45, 2.75) is 6.18 Å². The molecular formula is C19H15F3N4O3. The van der Waals surface area contributed by atoms with Gasteiger partial charge in [0.05, 0.1) is 19.9 Å². The van der Waals surface area contributed by atoms with E-state index >= 15 is 0 Å². The molecule has 0 bridgehead atoms. The molecule has 0 atom stereocenters. The number of hydrogen-bond donors (Lipinski definition) is 1. The highest BCUT2D eigenvalue weighted by molar-refractivity contribution is 5.94. The van der Waals surface area contributed by atoms with E-state index < -0.39 is 17.8 Å². The van der Waals surface area contributed by atoms with Crippen molar-refractivity contribution in [1.82, 2.24) is 15.0 Å². The van der Waals surface area contributed by atoms with Crippen LogP contribution in [-0.2, 0) is 10.9 Å². The predicted octanol–water partition coefficient (Wildman–Crippen LogP) is 4.10. The molecule has 3 aromatic rings. The van der Waals surface area contributed by atoms with Crippen molar-refractivity contribution in [2.75, 3.05) is 19.5 Å². The van der Waals surface area contributed by atoms with E-state index in [9.17, 15) is 18.0 Å². The molecule has 0 fully saturated rings. The maximum absolute atomic E-state index is 12.8. The lowest BCUT2D eigenvalue weighted by molar-refractivity contribution is -0.141. The fraction of sp³-hybridized carbons (Fsp3) is 0.158. The zero-order chi connectivity index (χ0) is 21.0. The summed E-state index contributed by atoms with van der Waals surface area (Å²) in [6.45, 7) is 0. The van der Waals surface area contributed by atoms with Crippen molar-refractivity contribution in [3.05, 3.63) is 60.0 Å². The van der Waals surface area contributed by atoms with Crippen LogP contribution < -0.4 is 10.1 Å². The Morgan fingerprint density at radius 3 is 2.52 bits per heavy atom. The molecule has 10 heteroatoms. The number of nitrogens with zero attached hydrogens (tertiary/aromatic N) is 3. The molecule has 0 aliphatic heterocycles. The van der Waals surface area contributed by atoms with Crippen molar-refractivity contribution in [2.24, 2.45) is 0 Å². The molecule has 0 radical (unpaired) electrons. The van der Waals surface area contributed by atoms with E-state index in [2.05, 4.69) is 20.3 Å². The molecule has 150 valence electrons. The number of rotatable bonds is 5. The third-order valence-corrected chi connectivity index (χ3v) is 3.86. The maximum Gasteiger partial charge on any atom is 0.433 e. The van der Waals surface area contributed by atoms with Crippen molar-refractivity contribution >= 4 is 17.6 Å². The van der Waals surface area contributed by atoms with Crippen LogP contribution in [0.3, 0.4) is 0 Å². The number of nitrogens with one attached hydrogen (secondary N) is 1. The number of esters is 1. The van der Waals surface area contributed by atoms with Crippen LogP contribution in [0.5, 0.6) is 5.75 Å². The van der Waals surface area contributed by atoms with E-state index in [0.29, 0.717) is 17.0 Å². The van der Waals surface area contributed by atoms with Gasteiger partial charge in [0.25, 0.3) is 0 Å². The maximum atomic E-state index is 12.8. The van der Waals surface area contributed by atoms with Gasteiger partial charge < -0.3 is 14.8 Å². The van der Waals surface area contributed by atoms with Crippen LogP contribution >= 0.6 is 0 Å². The van der Waals surface area contributed by atoms with Crippen molar-refractivity contribution < 1.29 is 27.4 Å². The fourth-order valence-corrected chi connectivity index (χ4v) is 2.51. The van der Waals surface area contributed by atoms with Gasteiger partial charge in [0.15, 0.2) is 0 Å². The molecule has 2 heterocycles. The molecular weight excluding hydrogens is 389 g/mol. The average Bonchev–Trinajstić information content (AvgIpc) is 2.72. The monoisotopic (exact) mass is 404 g/mol. The zero-order valence-electron chi connectivity index (χ0n) is 15.3. The Kier molecular flexibility index (Phi) is 5.62. The van der Waals surface area contributed by atoms with Crippen molar-refractivity contribution in [3.8, 4) is 17.0 Å². The lowest BCUT2D eigenvalue weighted by Crippen LogP contribution is -2.09. The highest BCUT2D eigenvalue weighted by Crippen LogP contribution is 2.30. The summed E-state index contributed by atoms with van der Waals surface area (Å²) in [5.74, 6) is -0.0304. The number of alkyl halides is 3. The van der Waals surface area contributed by atoms with Gasteiger partial charge in [-0.1, -0.05) is 6.07 Å². The first-order valence-corrected chi connectivity index (χ1v) is 8.22. The second kappa shape index (κ2) is 8.13. The standard InChI is InChI=1S/C19H15F3N4O3/c1-28-14-7-6-11(8-12(14)18(27)29-2)13-9-17(24-10-23-13)26-16-5-3-4-15(25-16)19(20,21)22/h3-10H,1-2H3,(H,23,24,25,26). The molecule has 29 heavy (non-hydrogen) atoms. The van der Waals surface area contributed by atoms with Gasteiger partial charge in [0.1, 0.15) is 35.0 Å². The SMILES string of the molecule is COC(=O)c1cc(-c2cc(Nc3cccc(C(F)(F)F)n3)ncn2)ccc1OC. The van der Waals surface area contributed by atoms with Crippen LogP contribution in [0.1, 0.15) is 16.1 Å². The summed E-state index contributed by atoms with van der Waals surface area (Å²) < 4.78 is 48.4. The summed E-state index contributed by atoms with van der Waals surface area (Å²) in [6.07, 6.45) is -3.31. The molecule has 0 amide bonds. The summed E-state index contributed by atoms with van der Waals surface area (Å²) in [5.41, 5.74) is 0.186. The molecule has 1 N–H and O–H groups in total. The Bertz CT molecular complexity index is 1040. The summed E-state index contributed by atoms with van der Waals surface area (Å²) in [5, 5.41) is 2.72. The van der Waals surface area contributed by atoms with E-state index in [1.165, 1.54) is 38.7 Å². The first kappa shape index (κ1) is 20.1. The van der Waals surface area contributed by atoms with Crippen LogP contribution in [0.2, 0.25) is 0 Å². The van der Waals surface area contributed by atoms with Crippen molar-refractivity contribution in [1.29, 1.82) is 0 Å². The van der Waals surface area contributed by atoms with Gasteiger partial charge in [-0.3, -0.25) is 0 Å². The highest BCUT2D eigenvalue weighted by Gasteiger charge is 2.32. The molecule has 0 saturated heterocycles. The zero-order valence-corrected chi connectivity index (χ0v) is 15.3. The molecule has 0 aliphatic rings. The second-order valence-electron chi connectivity index (χ2n) is 5.73. The number of benzene rings is 1. The molecule has 7 nitrogen and oxygen atoms in total. The van der Waals surface area contributed by atoms with Gasteiger partial charge in [-0.15, -0.1) is 0 Å². The Balaban J connectivity index is 1.92. The van der Waals surface area contributed by atoms with Crippen LogP contribution in [0.15, 0.2) is 48.8 Å². The predicted molar refractivity (Wildman–Crippen MR) is 97.9 cm³/mol. The summed E-state index contributed by atoms with van der Waals surface area (Å²) >= 11 is 0. The van der Waals surface area contributed by atoms with Gasteiger partial charge in [-0.25, -0.2) is 19.7 Å². The molecule has 0 saturated carbocycles. The Morgan fingerprint density at radius 1 is 1.03 bits per heavy atom. The third-order valence-electron chi connectivity index (χ3n) is 3.86. The van der Waals surface area contributed by atoms with Gasteiger partial charge in [-0.2, -0.15) is 13.2 Å². The number of aromatic nitrogens is 3. The van der Waals surface area contributed by atoms with Crippen LogP contribution in [-0.4, -0.2) is 35.1 Å². The smallest absolute Gasteiger partial charge is 0.433 e. The topological polar surface area (TPSA) is 86.2 Å². The first-order valence-electron chi connectivity index (χ1n) is 8.22. The summed E-state index contributed by atoms with van der Waals surface area (Å²) in [7, 11) is 2.68. The molecule has 3 rings (SSSR count). The van der Waals surface area contributed by atoms with E-state index in [1.807, 2.05) is 0 Å². The number of anilines is 2. The number of methoxy groups -OCH3 is 2. The number of ether oxygens (including phenoxy) is 2. The summed E-state index contributed by atoms with van der Waals surface area (Å²) in [4.78, 5) is 23.6. The Labute approximate surface area is 163 Å². The Hall–Kier alpha value is -3.69. The molecule has 0 spiro atoms. The molecule has 0 unspecified atom stereocenters. The number of halogens is 3. The highest BCUT2D eigenvalue weighted by atomic mass is 19.4. The minimum Gasteiger partial charge on any atom is -0.496 e. The average molecular weight is 404 g/mol. The third kappa shape index (κ3) is 4.60.